The van der Waals surface area contributed by atoms with Crippen molar-refractivity contribution in [2.45, 2.75) is 25.8 Å². The molecule has 0 amide bonds. The second-order valence-corrected chi connectivity index (χ2v) is 4.94. The van der Waals surface area contributed by atoms with Crippen LogP contribution in [0.1, 0.15) is 19.3 Å². The number of aryl methyl sites for hydroxylation is 2. The molecule has 2 heterocycles. The number of fused-ring (bicyclic) bond motifs is 1. The minimum Gasteiger partial charge on any atom is -0.325 e. The van der Waals surface area contributed by atoms with Gasteiger partial charge in [-0.05, 0) is 12.8 Å². The van der Waals surface area contributed by atoms with Crippen molar-refractivity contribution < 1.29 is 0 Å². The van der Waals surface area contributed by atoms with Gasteiger partial charge in [-0.3, -0.25) is 13.9 Å². The smallest absolute Gasteiger partial charge is 0.325 e. The van der Waals surface area contributed by atoms with E-state index in [0.29, 0.717) is 23.6 Å². The van der Waals surface area contributed by atoms with E-state index in [9.17, 15) is 9.59 Å². The van der Waals surface area contributed by atoms with Crippen molar-refractivity contribution in [1.82, 2.24) is 18.7 Å². The van der Waals surface area contributed by atoms with Crippen molar-refractivity contribution in [3.05, 3.63) is 27.2 Å². The normalized spacial score (nSPS) is 11.3. The molecule has 0 unspecified atom stereocenters. The monoisotopic (exact) mass is 284 g/mol. The molecule has 6 nitrogen and oxygen atoms in total. The van der Waals surface area contributed by atoms with Crippen LogP contribution in [0.5, 0.6) is 0 Å². The van der Waals surface area contributed by atoms with Gasteiger partial charge in [-0.1, -0.05) is 6.42 Å². The minimum atomic E-state index is -0.357. The van der Waals surface area contributed by atoms with Crippen molar-refractivity contribution in [1.29, 1.82) is 0 Å². The molecule has 0 atom stereocenters. The van der Waals surface area contributed by atoms with Crippen molar-refractivity contribution in [3.63, 3.8) is 0 Å². The van der Waals surface area contributed by atoms with Crippen molar-refractivity contribution in [2.24, 2.45) is 14.1 Å². The van der Waals surface area contributed by atoms with E-state index in [4.69, 9.17) is 11.6 Å². The highest BCUT2D eigenvalue weighted by molar-refractivity contribution is 6.17. The van der Waals surface area contributed by atoms with Crippen LogP contribution in [0.4, 0.5) is 0 Å². The molecular formula is C12H17ClN4O2. The number of alkyl halides is 1. The quantitative estimate of drug-likeness (QED) is 0.604. The van der Waals surface area contributed by atoms with Crippen molar-refractivity contribution >= 4 is 22.8 Å². The predicted molar refractivity (Wildman–Crippen MR) is 74.8 cm³/mol. The Labute approximate surface area is 115 Å². The molecule has 0 radical (unpaired) electrons. The van der Waals surface area contributed by atoms with E-state index >= 15 is 0 Å². The van der Waals surface area contributed by atoms with Crippen LogP contribution in [0.3, 0.4) is 0 Å². The molecule has 0 aromatic carbocycles. The van der Waals surface area contributed by atoms with Gasteiger partial charge in [-0.25, -0.2) is 9.78 Å². The third-order valence-electron chi connectivity index (χ3n) is 3.25. The Morgan fingerprint density at radius 1 is 1.16 bits per heavy atom. The molecule has 7 heteroatoms. The van der Waals surface area contributed by atoms with Gasteiger partial charge >= 0.3 is 5.69 Å². The van der Waals surface area contributed by atoms with Gasteiger partial charge in [0.2, 0.25) is 0 Å². The van der Waals surface area contributed by atoms with Crippen molar-refractivity contribution in [3.8, 4) is 0 Å². The molecule has 2 aromatic heterocycles. The minimum absolute atomic E-state index is 0.298. The zero-order valence-corrected chi connectivity index (χ0v) is 11.9. The number of rotatable bonds is 5. The number of imidazole rings is 1. The van der Waals surface area contributed by atoms with E-state index < -0.39 is 0 Å². The number of hydrogen-bond donors (Lipinski definition) is 0. The van der Waals surface area contributed by atoms with Crippen LogP contribution in [0.2, 0.25) is 0 Å². The van der Waals surface area contributed by atoms with Crippen LogP contribution in [-0.4, -0.2) is 24.6 Å². The number of unbranched alkanes of at least 4 members (excludes halogenated alkanes) is 2. The first-order chi connectivity index (χ1) is 9.07. The van der Waals surface area contributed by atoms with E-state index in [1.54, 1.807) is 13.4 Å². The van der Waals surface area contributed by atoms with Crippen LogP contribution in [0, 0.1) is 0 Å². The molecule has 2 rings (SSSR count). The number of hydrogen-bond acceptors (Lipinski definition) is 3. The van der Waals surface area contributed by atoms with Crippen molar-refractivity contribution in [2.75, 3.05) is 5.88 Å². The maximum atomic E-state index is 12.1. The molecule has 0 aliphatic carbocycles. The molecule has 0 saturated heterocycles. The maximum absolute atomic E-state index is 12.1. The van der Waals surface area contributed by atoms with Gasteiger partial charge in [0.15, 0.2) is 11.2 Å². The van der Waals surface area contributed by atoms with Gasteiger partial charge in [-0.15, -0.1) is 11.6 Å². The topological polar surface area (TPSA) is 61.8 Å². The molecule has 0 N–H and O–H groups in total. The molecule has 0 aliphatic heterocycles. The summed E-state index contributed by atoms with van der Waals surface area (Å²) in [6.45, 7) is 0.709. The van der Waals surface area contributed by atoms with Crippen LogP contribution in [0.25, 0.3) is 11.2 Å². The molecule has 0 aliphatic rings. The average Bonchev–Trinajstić information content (AvgIpc) is 2.83. The Hall–Kier alpha value is -1.56. The maximum Gasteiger partial charge on any atom is 0.332 e. The zero-order chi connectivity index (χ0) is 14.0. The fraction of sp³-hybridized carbons (Fsp3) is 0.583. The molecule has 0 bridgehead atoms. The number of halogens is 1. The van der Waals surface area contributed by atoms with E-state index in [-0.39, 0.29) is 11.2 Å². The van der Waals surface area contributed by atoms with Crippen LogP contribution < -0.4 is 11.2 Å². The summed E-state index contributed by atoms with van der Waals surface area (Å²) in [5, 5.41) is 0. The summed E-state index contributed by atoms with van der Waals surface area (Å²) in [5.41, 5.74) is 0.263. The Morgan fingerprint density at radius 3 is 2.58 bits per heavy atom. The molecule has 0 fully saturated rings. The van der Waals surface area contributed by atoms with E-state index in [1.165, 1.54) is 11.6 Å². The highest BCUT2D eigenvalue weighted by Gasteiger charge is 2.13. The Morgan fingerprint density at radius 2 is 1.89 bits per heavy atom. The SMILES string of the molecule is Cn1c(=O)c2c(ncn2CCCCCCl)n(C)c1=O. The standard InChI is InChI=1S/C12H17ClN4O2/c1-15-10-9(11(18)16(2)12(15)19)17(8-14-10)7-5-3-4-6-13/h8H,3-7H2,1-2H3. The zero-order valence-electron chi connectivity index (χ0n) is 11.1. The van der Waals surface area contributed by atoms with Gasteiger partial charge in [0.05, 0.1) is 6.33 Å². The van der Waals surface area contributed by atoms with Gasteiger partial charge in [0, 0.05) is 26.5 Å². The van der Waals surface area contributed by atoms with Crippen LogP contribution >= 0.6 is 11.6 Å². The fourth-order valence-corrected chi connectivity index (χ4v) is 2.31. The summed E-state index contributed by atoms with van der Waals surface area (Å²) in [6, 6.07) is 0. The second-order valence-electron chi connectivity index (χ2n) is 4.57. The van der Waals surface area contributed by atoms with E-state index in [2.05, 4.69) is 4.98 Å². The second kappa shape index (κ2) is 5.61. The van der Waals surface area contributed by atoms with Crippen LogP contribution in [-0.2, 0) is 20.6 Å². The van der Waals surface area contributed by atoms with E-state index in [0.717, 1.165) is 23.8 Å². The van der Waals surface area contributed by atoms with Gasteiger partial charge < -0.3 is 4.57 Å². The summed E-state index contributed by atoms with van der Waals surface area (Å²) in [7, 11) is 3.10. The van der Waals surface area contributed by atoms with Gasteiger partial charge in [0.25, 0.3) is 5.56 Å². The first-order valence-electron chi connectivity index (χ1n) is 6.24. The van der Waals surface area contributed by atoms with Gasteiger partial charge in [-0.2, -0.15) is 0 Å². The lowest BCUT2D eigenvalue weighted by Gasteiger charge is -2.06. The summed E-state index contributed by atoms with van der Waals surface area (Å²) >= 11 is 5.63. The number of aromatic nitrogens is 4. The summed E-state index contributed by atoms with van der Waals surface area (Å²) in [4.78, 5) is 28.1. The molecule has 0 saturated carbocycles. The molecule has 2 aromatic rings. The summed E-state index contributed by atoms with van der Waals surface area (Å²) < 4.78 is 4.32. The molecule has 0 spiro atoms. The highest BCUT2D eigenvalue weighted by Crippen LogP contribution is 2.08. The van der Waals surface area contributed by atoms with Crippen LogP contribution in [0.15, 0.2) is 15.9 Å². The lowest BCUT2D eigenvalue weighted by molar-refractivity contribution is 0.610. The Balaban J connectivity index is 2.43. The Bertz CT molecular complexity index is 698. The third-order valence-corrected chi connectivity index (χ3v) is 3.52. The predicted octanol–water partition coefficient (Wildman–Crippen LogP) is 0.843. The first kappa shape index (κ1) is 13.9. The summed E-state index contributed by atoms with van der Waals surface area (Å²) in [6.07, 6.45) is 4.52. The lowest BCUT2D eigenvalue weighted by atomic mass is 10.2. The number of nitrogens with zero attached hydrogens (tertiary/aromatic N) is 4. The molecule has 19 heavy (non-hydrogen) atoms. The third kappa shape index (κ3) is 2.45. The summed E-state index contributed by atoms with van der Waals surface area (Å²) in [5.74, 6) is 0.654. The van der Waals surface area contributed by atoms with E-state index in [1.807, 2.05) is 4.57 Å². The Kier molecular flexibility index (Phi) is 4.09. The average molecular weight is 285 g/mol. The molecular weight excluding hydrogens is 268 g/mol. The highest BCUT2D eigenvalue weighted by atomic mass is 35.5. The van der Waals surface area contributed by atoms with Gasteiger partial charge in [0.1, 0.15) is 0 Å². The largest absolute Gasteiger partial charge is 0.332 e. The lowest BCUT2D eigenvalue weighted by Crippen LogP contribution is -2.37. The molecule has 104 valence electrons. The first-order valence-corrected chi connectivity index (χ1v) is 6.78. The fourth-order valence-electron chi connectivity index (χ4n) is 2.12.